The maximum absolute atomic E-state index is 3.79. The van der Waals surface area contributed by atoms with Gasteiger partial charge in [0.15, 0.2) is 0 Å². The van der Waals surface area contributed by atoms with Gasteiger partial charge in [-0.3, -0.25) is 4.90 Å². The van der Waals surface area contributed by atoms with Gasteiger partial charge < -0.3 is 5.32 Å². The van der Waals surface area contributed by atoms with Crippen molar-refractivity contribution < 1.29 is 0 Å². The molecule has 18 heavy (non-hydrogen) atoms. The fourth-order valence-corrected chi connectivity index (χ4v) is 3.71. The summed E-state index contributed by atoms with van der Waals surface area (Å²) in [6, 6.07) is 11.6. The molecule has 2 aliphatic rings. The summed E-state index contributed by atoms with van der Waals surface area (Å²) < 4.78 is 0. The Kier molecular flexibility index (Phi) is 3.16. The van der Waals surface area contributed by atoms with Crippen LogP contribution in [-0.2, 0) is 6.54 Å². The molecule has 0 aliphatic carbocycles. The summed E-state index contributed by atoms with van der Waals surface area (Å²) in [7, 11) is 0. The van der Waals surface area contributed by atoms with Crippen LogP contribution in [0.3, 0.4) is 0 Å². The molecular formula is C16H24N2. The average Bonchev–Trinajstić information content (AvgIpc) is 2.63. The smallest absolute Gasteiger partial charge is 0.0233 e. The lowest BCUT2D eigenvalue weighted by atomic mass is 9.89. The van der Waals surface area contributed by atoms with Crippen molar-refractivity contribution in [1.29, 1.82) is 0 Å². The number of nitrogens with one attached hydrogen (secondary N) is 1. The molecule has 0 saturated carbocycles. The summed E-state index contributed by atoms with van der Waals surface area (Å²) >= 11 is 0. The highest BCUT2D eigenvalue weighted by atomic mass is 15.2. The van der Waals surface area contributed by atoms with Crippen LogP contribution in [0.2, 0.25) is 0 Å². The Bertz CT molecular complexity index is 399. The Balaban J connectivity index is 1.61. The first-order valence-electron chi connectivity index (χ1n) is 7.16. The van der Waals surface area contributed by atoms with Gasteiger partial charge in [0.2, 0.25) is 0 Å². The van der Waals surface area contributed by atoms with Crippen LogP contribution < -0.4 is 5.32 Å². The van der Waals surface area contributed by atoms with Gasteiger partial charge in [-0.15, -0.1) is 0 Å². The molecule has 1 N–H and O–H groups in total. The molecule has 2 atom stereocenters. The number of rotatable bonds is 2. The van der Waals surface area contributed by atoms with Crippen molar-refractivity contribution in [3.63, 3.8) is 0 Å². The van der Waals surface area contributed by atoms with Crippen LogP contribution in [0.4, 0.5) is 0 Å². The highest BCUT2D eigenvalue weighted by Crippen LogP contribution is 2.33. The second-order valence-electron chi connectivity index (χ2n) is 6.61. The molecular weight excluding hydrogens is 220 g/mol. The highest BCUT2D eigenvalue weighted by Gasteiger charge is 2.41. The van der Waals surface area contributed by atoms with E-state index in [2.05, 4.69) is 54.4 Å². The van der Waals surface area contributed by atoms with E-state index in [0.29, 0.717) is 5.54 Å². The number of likely N-dealkylation sites (tertiary alicyclic amines) is 1. The summed E-state index contributed by atoms with van der Waals surface area (Å²) in [6.45, 7) is 8.29. The predicted octanol–water partition coefficient (Wildman–Crippen LogP) is 2.65. The molecule has 2 saturated heterocycles. The third-order valence-corrected chi connectivity index (χ3v) is 4.42. The van der Waals surface area contributed by atoms with Crippen LogP contribution in [0.25, 0.3) is 0 Å². The Morgan fingerprint density at radius 3 is 2.83 bits per heavy atom. The topological polar surface area (TPSA) is 15.3 Å². The zero-order valence-electron chi connectivity index (χ0n) is 11.5. The van der Waals surface area contributed by atoms with Crippen molar-refractivity contribution in [1.82, 2.24) is 10.2 Å². The number of hydrogen-bond donors (Lipinski definition) is 1. The highest BCUT2D eigenvalue weighted by molar-refractivity contribution is 5.14. The molecule has 3 rings (SSSR count). The van der Waals surface area contributed by atoms with E-state index in [1.165, 1.54) is 31.5 Å². The minimum atomic E-state index is 0.345. The quantitative estimate of drug-likeness (QED) is 0.860. The fraction of sp³-hybridized carbons (Fsp3) is 0.625. The molecule has 0 aromatic heterocycles. The van der Waals surface area contributed by atoms with Crippen LogP contribution >= 0.6 is 0 Å². The van der Waals surface area contributed by atoms with Gasteiger partial charge in [0.05, 0.1) is 0 Å². The second-order valence-corrected chi connectivity index (χ2v) is 6.61. The maximum Gasteiger partial charge on any atom is 0.0233 e. The molecule has 2 fully saturated rings. The van der Waals surface area contributed by atoms with Crippen molar-refractivity contribution in [2.45, 2.75) is 44.8 Å². The molecule has 0 spiro atoms. The SMILES string of the molecule is CC1(C)CC2CN(Cc3ccccc3)CCC2N1. The third kappa shape index (κ3) is 2.60. The van der Waals surface area contributed by atoms with Crippen molar-refractivity contribution in [3.8, 4) is 0 Å². The molecule has 1 aromatic carbocycles. The largest absolute Gasteiger partial charge is 0.309 e. The lowest BCUT2D eigenvalue weighted by molar-refractivity contribution is 0.156. The van der Waals surface area contributed by atoms with E-state index in [9.17, 15) is 0 Å². The third-order valence-electron chi connectivity index (χ3n) is 4.42. The lowest BCUT2D eigenvalue weighted by Gasteiger charge is -2.34. The van der Waals surface area contributed by atoms with Gasteiger partial charge in [0.25, 0.3) is 0 Å². The van der Waals surface area contributed by atoms with E-state index in [0.717, 1.165) is 18.5 Å². The van der Waals surface area contributed by atoms with Gasteiger partial charge in [0, 0.05) is 24.7 Å². The van der Waals surface area contributed by atoms with Crippen LogP contribution in [0, 0.1) is 5.92 Å². The monoisotopic (exact) mass is 244 g/mol. The van der Waals surface area contributed by atoms with Gasteiger partial charge in [-0.1, -0.05) is 30.3 Å². The normalized spacial score (nSPS) is 31.2. The molecule has 0 bridgehead atoms. The van der Waals surface area contributed by atoms with Crippen molar-refractivity contribution in [2.24, 2.45) is 5.92 Å². The first-order chi connectivity index (χ1) is 8.62. The van der Waals surface area contributed by atoms with Crippen molar-refractivity contribution >= 4 is 0 Å². The number of benzene rings is 1. The van der Waals surface area contributed by atoms with Crippen LogP contribution in [0.5, 0.6) is 0 Å². The standard InChI is InChI=1S/C16H24N2/c1-16(2)10-14-12-18(9-8-15(14)17-16)11-13-6-4-3-5-7-13/h3-7,14-15,17H,8-12H2,1-2H3. The summed E-state index contributed by atoms with van der Waals surface area (Å²) in [5, 5.41) is 3.79. The van der Waals surface area contributed by atoms with Gasteiger partial charge in [0.1, 0.15) is 0 Å². The van der Waals surface area contributed by atoms with E-state index >= 15 is 0 Å². The number of hydrogen-bond acceptors (Lipinski definition) is 2. The zero-order valence-corrected chi connectivity index (χ0v) is 11.5. The summed E-state index contributed by atoms with van der Waals surface area (Å²) in [5.74, 6) is 0.845. The fourth-order valence-electron chi connectivity index (χ4n) is 3.71. The Labute approximate surface area is 110 Å². The van der Waals surface area contributed by atoms with Gasteiger partial charge in [-0.25, -0.2) is 0 Å². The molecule has 98 valence electrons. The van der Waals surface area contributed by atoms with E-state index in [1.807, 2.05) is 0 Å². The maximum atomic E-state index is 3.79. The van der Waals surface area contributed by atoms with E-state index in [-0.39, 0.29) is 0 Å². The van der Waals surface area contributed by atoms with E-state index < -0.39 is 0 Å². The molecule has 0 amide bonds. The average molecular weight is 244 g/mol. The molecule has 2 aliphatic heterocycles. The first kappa shape index (κ1) is 12.2. The first-order valence-corrected chi connectivity index (χ1v) is 7.16. The second kappa shape index (κ2) is 4.67. The van der Waals surface area contributed by atoms with Gasteiger partial charge in [-0.2, -0.15) is 0 Å². The molecule has 2 unspecified atom stereocenters. The summed E-state index contributed by atoms with van der Waals surface area (Å²) in [5.41, 5.74) is 1.79. The van der Waals surface area contributed by atoms with Crippen LogP contribution in [0.15, 0.2) is 30.3 Å². The minimum absolute atomic E-state index is 0.345. The number of fused-ring (bicyclic) bond motifs is 1. The van der Waals surface area contributed by atoms with Crippen molar-refractivity contribution in [2.75, 3.05) is 13.1 Å². The molecule has 1 aromatic rings. The summed E-state index contributed by atoms with van der Waals surface area (Å²) in [6.07, 6.45) is 2.63. The lowest BCUT2D eigenvalue weighted by Crippen LogP contribution is -2.45. The summed E-state index contributed by atoms with van der Waals surface area (Å²) in [4.78, 5) is 2.62. The van der Waals surface area contributed by atoms with Gasteiger partial charge in [-0.05, 0) is 44.7 Å². The Hall–Kier alpha value is -0.860. The predicted molar refractivity (Wildman–Crippen MR) is 75.4 cm³/mol. The molecule has 2 heterocycles. The van der Waals surface area contributed by atoms with Gasteiger partial charge >= 0.3 is 0 Å². The minimum Gasteiger partial charge on any atom is -0.309 e. The molecule has 0 radical (unpaired) electrons. The Morgan fingerprint density at radius 1 is 1.28 bits per heavy atom. The van der Waals surface area contributed by atoms with E-state index in [4.69, 9.17) is 0 Å². The Morgan fingerprint density at radius 2 is 2.06 bits per heavy atom. The molecule has 2 heteroatoms. The zero-order chi connectivity index (χ0) is 12.6. The van der Waals surface area contributed by atoms with Crippen molar-refractivity contribution in [3.05, 3.63) is 35.9 Å². The van der Waals surface area contributed by atoms with Crippen LogP contribution in [-0.4, -0.2) is 29.6 Å². The molecule has 2 nitrogen and oxygen atoms in total. The van der Waals surface area contributed by atoms with E-state index in [1.54, 1.807) is 0 Å². The number of piperidine rings is 1. The van der Waals surface area contributed by atoms with Crippen LogP contribution in [0.1, 0.15) is 32.3 Å². The number of nitrogens with zero attached hydrogens (tertiary/aromatic N) is 1.